The summed E-state index contributed by atoms with van der Waals surface area (Å²) in [4.78, 5) is 2.41. The minimum atomic E-state index is 0.171. The molecule has 2 heterocycles. The van der Waals surface area contributed by atoms with Gasteiger partial charge in [-0.15, -0.1) is 0 Å². The van der Waals surface area contributed by atoms with E-state index in [-0.39, 0.29) is 6.61 Å². The van der Waals surface area contributed by atoms with Crippen LogP contribution in [0.25, 0.3) is 10.9 Å². The van der Waals surface area contributed by atoms with Gasteiger partial charge in [0.1, 0.15) is 0 Å². The second kappa shape index (κ2) is 5.50. The van der Waals surface area contributed by atoms with Gasteiger partial charge in [0.2, 0.25) is 0 Å². The van der Waals surface area contributed by atoms with Crippen LogP contribution < -0.4 is 0 Å². The zero-order chi connectivity index (χ0) is 16.1. The molecule has 3 nitrogen and oxygen atoms in total. The van der Waals surface area contributed by atoms with Crippen molar-refractivity contribution in [3.8, 4) is 0 Å². The summed E-state index contributed by atoms with van der Waals surface area (Å²) in [6, 6.07) is 7.25. The van der Waals surface area contributed by atoms with Crippen LogP contribution in [0.4, 0.5) is 0 Å². The molecule has 2 aliphatic rings. The molecule has 0 saturated heterocycles. The lowest BCUT2D eigenvalue weighted by atomic mass is 9.77. The van der Waals surface area contributed by atoms with E-state index in [0.717, 1.165) is 25.1 Å². The SMILES string of the molecule is CC(C)Cn1cc2c3c(cccc31)[C@H]1C=C(CO)CN(C)[C@@H]1C2. The van der Waals surface area contributed by atoms with Gasteiger partial charge < -0.3 is 9.67 Å². The number of fused-ring (bicyclic) bond motifs is 2. The van der Waals surface area contributed by atoms with Gasteiger partial charge in [-0.2, -0.15) is 0 Å². The van der Waals surface area contributed by atoms with Gasteiger partial charge in [-0.05, 0) is 42.2 Å². The maximum Gasteiger partial charge on any atom is 0.0654 e. The molecule has 0 saturated carbocycles. The van der Waals surface area contributed by atoms with Gasteiger partial charge in [0.05, 0.1) is 6.61 Å². The van der Waals surface area contributed by atoms with Gasteiger partial charge in [-0.25, -0.2) is 0 Å². The largest absolute Gasteiger partial charge is 0.392 e. The summed E-state index contributed by atoms with van der Waals surface area (Å²) >= 11 is 0. The summed E-state index contributed by atoms with van der Waals surface area (Å²) in [5.41, 5.74) is 5.45. The van der Waals surface area contributed by atoms with Crippen LogP contribution in [0.1, 0.15) is 30.9 Å². The maximum absolute atomic E-state index is 9.59. The number of benzene rings is 1. The maximum atomic E-state index is 9.59. The van der Waals surface area contributed by atoms with Crippen molar-refractivity contribution in [3.63, 3.8) is 0 Å². The minimum absolute atomic E-state index is 0.171. The molecule has 2 aromatic rings. The normalized spacial score (nSPS) is 24.1. The first-order valence-corrected chi connectivity index (χ1v) is 8.69. The summed E-state index contributed by atoms with van der Waals surface area (Å²) in [5, 5.41) is 11.0. The van der Waals surface area contributed by atoms with Gasteiger partial charge in [0.15, 0.2) is 0 Å². The van der Waals surface area contributed by atoms with Crippen molar-refractivity contribution >= 4 is 10.9 Å². The first-order valence-electron chi connectivity index (χ1n) is 8.69. The number of aliphatic hydroxyl groups is 1. The van der Waals surface area contributed by atoms with Gasteiger partial charge in [-0.1, -0.05) is 32.1 Å². The van der Waals surface area contributed by atoms with E-state index in [2.05, 4.69) is 60.8 Å². The van der Waals surface area contributed by atoms with E-state index in [9.17, 15) is 5.11 Å². The fraction of sp³-hybridized carbons (Fsp3) is 0.500. The van der Waals surface area contributed by atoms with Crippen molar-refractivity contribution in [1.82, 2.24) is 9.47 Å². The smallest absolute Gasteiger partial charge is 0.0654 e. The van der Waals surface area contributed by atoms with E-state index < -0.39 is 0 Å². The van der Waals surface area contributed by atoms with E-state index >= 15 is 0 Å². The predicted molar refractivity (Wildman–Crippen MR) is 94.8 cm³/mol. The van der Waals surface area contributed by atoms with Crippen LogP contribution in [0.2, 0.25) is 0 Å². The third-order valence-electron chi connectivity index (χ3n) is 5.42. The highest BCUT2D eigenvalue weighted by molar-refractivity contribution is 5.89. The number of aromatic nitrogens is 1. The van der Waals surface area contributed by atoms with Crippen LogP contribution in [0.5, 0.6) is 0 Å². The molecular formula is C20H26N2O. The molecule has 1 aromatic heterocycles. The second-order valence-corrected chi connectivity index (χ2v) is 7.64. The molecule has 3 heteroatoms. The third kappa shape index (κ3) is 2.34. The third-order valence-corrected chi connectivity index (χ3v) is 5.42. The number of rotatable bonds is 3. The molecule has 0 unspecified atom stereocenters. The monoisotopic (exact) mass is 310 g/mol. The molecular weight excluding hydrogens is 284 g/mol. The lowest BCUT2D eigenvalue weighted by molar-refractivity contribution is 0.208. The molecule has 1 aromatic carbocycles. The Labute approximate surface area is 138 Å². The lowest BCUT2D eigenvalue weighted by Crippen LogP contribution is -2.44. The Hall–Kier alpha value is -1.58. The molecule has 0 fully saturated rings. The van der Waals surface area contributed by atoms with Crippen LogP contribution in [0.15, 0.2) is 36.0 Å². The summed E-state index contributed by atoms with van der Waals surface area (Å²) in [7, 11) is 2.19. The van der Waals surface area contributed by atoms with Crippen molar-refractivity contribution in [2.24, 2.45) is 5.92 Å². The number of hydrogen-bond donors (Lipinski definition) is 1. The van der Waals surface area contributed by atoms with Crippen molar-refractivity contribution in [3.05, 3.63) is 47.2 Å². The average Bonchev–Trinajstić information content (AvgIpc) is 2.87. The summed E-state index contributed by atoms with van der Waals surface area (Å²) in [6.45, 7) is 6.68. The van der Waals surface area contributed by atoms with Crippen LogP contribution >= 0.6 is 0 Å². The molecule has 1 N–H and O–H groups in total. The Balaban J connectivity index is 1.89. The van der Waals surface area contributed by atoms with Crippen LogP contribution in [0, 0.1) is 5.92 Å². The number of hydrogen-bond acceptors (Lipinski definition) is 2. The van der Waals surface area contributed by atoms with Gasteiger partial charge in [0, 0.05) is 42.1 Å². The Morgan fingerprint density at radius 1 is 1.30 bits per heavy atom. The van der Waals surface area contributed by atoms with Crippen molar-refractivity contribution in [2.75, 3.05) is 20.2 Å². The molecule has 0 bridgehead atoms. The first kappa shape index (κ1) is 15.0. The highest BCUT2D eigenvalue weighted by atomic mass is 16.3. The fourth-order valence-corrected chi connectivity index (χ4v) is 4.48. The number of aliphatic hydroxyl groups excluding tert-OH is 1. The minimum Gasteiger partial charge on any atom is -0.392 e. The van der Waals surface area contributed by atoms with Gasteiger partial charge in [0.25, 0.3) is 0 Å². The topological polar surface area (TPSA) is 28.4 Å². The molecule has 2 atom stereocenters. The molecule has 0 spiro atoms. The highest BCUT2D eigenvalue weighted by Gasteiger charge is 2.35. The van der Waals surface area contributed by atoms with Crippen molar-refractivity contribution in [2.45, 2.75) is 38.8 Å². The molecule has 0 amide bonds. The van der Waals surface area contributed by atoms with Gasteiger partial charge in [-0.3, -0.25) is 4.90 Å². The molecule has 4 rings (SSSR count). The van der Waals surface area contributed by atoms with Crippen molar-refractivity contribution < 1.29 is 5.11 Å². The number of nitrogens with zero attached hydrogens (tertiary/aromatic N) is 2. The molecule has 122 valence electrons. The molecule has 0 radical (unpaired) electrons. The lowest BCUT2D eigenvalue weighted by Gasteiger charge is -2.41. The van der Waals surface area contributed by atoms with Gasteiger partial charge >= 0.3 is 0 Å². The fourth-order valence-electron chi connectivity index (χ4n) is 4.48. The van der Waals surface area contributed by atoms with E-state index in [0.29, 0.717) is 17.9 Å². The summed E-state index contributed by atoms with van der Waals surface area (Å²) in [6.07, 6.45) is 5.81. The molecule has 1 aliphatic heterocycles. The van der Waals surface area contributed by atoms with Crippen LogP contribution in [-0.2, 0) is 13.0 Å². The average molecular weight is 310 g/mol. The first-order chi connectivity index (χ1) is 11.1. The van der Waals surface area contributed by atoms with E-state index in [1.807, 2.05) is 0 Å². The van der Waals surface area contributed by atoms with E-state index in [1.54, 1.807) is 0 Å². The van der Waals surface area contributed by atoms with Crippen LogP contribution in [0.3, 0.4) is 0 Å². The summed E-state index contributed by atoms with van der Waals surface area (Å²) < 4.78 is 2.44. The Morgan fingerprint density at radius 3 is 2.87 bits per heavy atom. The Bertz CT molecular complexity index is 771. The van der Waals surface area contributed by atoms with E-state index in [1.165, 1.54) is 22.0 Å². The zero-order valence-electron chi connectivity index (χ0n) is 14.3. The Morgan fingerprint density at radius 2 is 2.13 bits per heavy atom. The Kier molecular flexibility index (Phi) is 3.58. The highest BCUT2D eigenvalue weighted by Crippen LogP contribution is 2.42. The molecule has 23 heavy (non-hydrogen) atoms. The number of likely N-dealkylation sites (N-methyl/N-ethyl adjacent to an activating group) is 1. The zero-order valence-corrected chi connectivity index (χ0v) is 14.3. The quantitative estimate of drug-likeness (QED) is 0.882. The van der Waals surface area contributed by atoms with Crippen molar-refractivity contribution in [1.29, 1.82) is 0 Å². The predicted octanol–water partition coefficient (Wildman–Crippen LogP) is 3.17. The van der Waals surface area contributed by atoms with E-state index in [4.69, 9.17) is 0 Å². The summed E-state index contributed by atoms with van der Waals surface area (Å²) in [5.74, 6) is 1.05. The molecule has 1 aliphatic carbocycles. The standard InChI is InChI=1S/C20H26N2O/c1-13(2)9-22-11-15-8-19-17(7-14(12-23)10-21(19)3)16-5-4-6-18(22)20(15)16/h4-7,11,13,17,19,23H,8-10,12H2,1-3H3/t17-,19-/m1/s1. The second-order valence-electron chi connectivity index (χ2n) is 7.64. The van der Waals surface area contributed by atoms with Crippen LogP contribution in [-0.4, -0.2) is 40.8 Å².